The number of amides is 1. The smallest absolute Gasteiger partial charge is 0.311 e. The first-order valence-electron chi connectivity index (χ1n) is 10.4. The van der Waals surface area contributed by atoms with Gasteiger partial charge in [0.15, 0.2) is 0 Å². The van der Waals surface area contributed by atoms with Crippen molar-refractivity contribution in [3.63, 3.8) is 0 Å². The largest absolute Gasteiger partial charge is 0.490 e. The molecule has 160 valence electrons. The second kappa shape index (κ2) is 9.79. The van der Waals surface area contributed by atoms with Crippen LogP contribution in [0.25, 0.3) is 0 Å². The Labute approximate surface area is 186 Å². The average molecular weight is 436 g/mol. The molecule has 0 spiro atoms. The van der Waals surface area contributed by atoms with Gasteiger partial charge >= 0.3 is 5.97 Å². The van der Waals surface area contributed by atoms with E-state index in [1.165, 1.54) is 0 Å². The van der Waals surface area contributed by atoms with Crippen LogP contribution in [0.15, 0.2) is 72.1 Å². The number of piperidine rings is 1. The van der Waals surface area contributed by atoms with Crippen LogP contribution in [0.3, 0.4) is 0 Å². The standard InChI is InChI=1S/C25H25NO4S/c1-18-9-11-19(12-10-18)26-23(27)14-13-21(24(26)22-8-5-17-31-22)25(28)30-16-15-29-20-6-3-2-4-7-20/h2-12,17,21,24H,13-16H2,1H3/t21-,24-/m0/s1. The summed E-state index contributed by atoms with van der Waals surface area (Å²) in [5.41, 5.74) is 1.93. The number of anilines is 1. The van der Waals surface area contributed by atoms with Crippen LogP contribution in [-0.2, 0) is 14.3 Å². The first-order chi connectivity index (χ1) is 15.1. The fourth-order valence-corrected chi connectivity index (χ4v) is 4.74. The van der Waals surface area contributed by atoms with Gasteiger partial charge in [-0.1, -0.05) is 42.0 Å². The summed E-state index contributed by atoms with van der Waals surface area (Å²) in [4.78, 5) is 28.7. The Kier molecular flexibility index (Phi) is 6.67. The van der Waals surface area contributed by atoms with Gasteiger partial charge in [-0.05, 0) is 49.1 Å². The second-order valence-corrected chi connectivity index (χ2v) is 8.51. The number of para-hydroxylation sites is 1. The molecule has 2 atom stereocenters. The number of nitrogens with zero attached hydrogens (tertiary/aromatic N) is 1. The fourth-order valence-electron chi connectivity index (χ4n) is 3.86. The molecule has 1 aliphatic rings. The van der Waals surface area contributed by atoms with Crippen LogP contribution < -0.4 is 9.64 Å². The summed E-state index contributed by atoms with van der Waals surface area (Å²) in [5.74, 6) is 0.0524. The van der Waals surface area contributed by atoms with Gasteiger partial charge in [0.05, 0.1) is 12.0 Å². The number of carbonyl (C=O) groups is 2. The molecule has 1 fully saturated rings. The van der Waals surface area contributed by atoms with Crippen LogP contribution >= 0.6 is 11.3 Å². The third-order valence-corrected chi connectivity index (χ3v) is 6.33. The first-order valence-corrected chi connectivity index (χ1v) is 11.3. The van der Waals surface area contributed by atoms with Crippen LogP contribution in [0.5, 0.6) is 5.75 Å². The van der Waals surface area contributed by atoms with E-state index in [-0.39, 0.29) is 31.1 Å². The Morgan fingerprint density at radius 3 is 2.52 bits per heavy atom. The van der Waals surface area contributed by atoms with E-state index in [2.05, 4.69) is 0 Å². The zero-order valence-electron chi connectivity index (χ0n) is 17.4. The molecule has 1 aromatic heterocycles. The highest BCUT2D eigenvalue weighted by atomic mass is 32.1. The van der Waals surface area contributed by atoms with E-state index in [0.29, 0.717) is 12.8 Å². The molecule has 1 saturated heterocycles. The highest BCUT2D eigenvalue weighted by Gasteiger charge is 2.42. The van der Waals surface area contributed by atoms with E-state index in [4.69, 9.17) is 9.47 Å². The van der Waals surface area contributed by atoms with E-state index in [9.17, 15) is 9.59 Å². The summed E-state index contributed by atoms with van der Waals surface area (Å²) in [7, 11) is 0. The monoisotopic (exact) mass is 435 g/mol. The van der Waals surface area contributed by atoms with E-state index < -0.39 is 5.92 Å². The maximum Gasteiger partial charge on any atom is 0.311 e. The molecule has 0 saturated carbocycles. The van der Waals surface area contributed by atoms with Crippen LogP contribution in [0.1, 0.15) is 29.3 Å². The Bertz CT molecular complexity index is 1000. The number of hydrogen-bond donors (Lipinski definition) is 0. The molecule has 5 nitrogen and oxygen atoms in total. The Morgan fingerprint density at radius 2 is 1.81 bits per heavy atom. The highest BCUT2D eigenvalue weighted by molar-refractivity contribution is 7.10. The molecule has 0 N–H and O–H groups in total. The number of rotatable bonds is 7. The van der Waals surface area contributed by atoms with Gasteiger partial charge in [-0.25, -0.2) is 0 Å². The Morgan fingerprint density at radius 1 is 1.03 bits per heavy atom. The number of hydrogen-bond acceptors (Lipinski definition) is 5. The van der Waals surface area contributed by atoms with Crippen molar-refractivity contribution in [2.24, 2.45) is 5.92 Å². The third-order valence-electron chi connectivity index (χ3n) is 5.39. The van der Waals surface area contributed by atoms with Gasteiger partial charge in [0, 0.05) is 17.0 Å². The van der Waals surface area contributed by atoms with Crippen LogP contribution in [0.4, 0.5) is 5.69 Å². The van der Waals surface area contributed by atoms with E-state index >= 15 is 0 Å². The lowest BCUT2D eigenvalue weighted by Gasteiger charge is -2.39. The van der Waals surface area contributed by atoms with E-state index in [0.717, 1.165) is 21.9 Å². The van der Waals surface area contributed by atoms with Crippen molar-refractivity contribution in [2.75, 3.05) is 18.1 Å². The van der Waals surface area contributed by atoms with Gasteiger partial charge in [-0.2, -0.15) is 0 Å². The molecule has 6 heteroatoms. The normalized spacial score (nSPS) is 18.6. The van der Waals surface area contributed by atoms with Crippen molar-refractivity contribution in [3.8, 4) is 5.75 Å². The topological polar surface area (TPSA) is 55.8 Å². The quantitative estimate of drug-likeness (QED) is 0.380. The molecule has 3 aromatic rings. The third kappa shape index (κ3) is 4.97. The first kappa shape index (κ1) is 21.1. The lowest BCUT2D eigenvalue weighted by atomic mass is 9.87. The molecule has 0 aliphatic carbocycles. The van der Waals surface area contributed by atoms with Crippen LogP contribution in [-0.4, -0.2) is 25.1 Å². The minimum Gasteiger partial charge on any atom is -0.490 e. The zero-order valence-corrected chi connectivity index (χ0v) is 18.2. The summed E-state index contributed by atoms with van der Waals surface area (Å²) in [6, 6.07) is 20.8. The van der Waals surface area contributed by atoms with Gasteiger partial charge in [-0.3, -0.25) is 9.59 Å². The van der Waals surface area contributed by atoms with Gasteiger partial charge in [0.1, 0.15) is 19.0 Å². The summed E-state index contributed by atoms with van der Waals surface area (Å²) in [5, 5.41) is 1.97. The molecule has 2 heterocycles. The fraction of sp³-hybridized carbons (Fsp3) is 0.280. The minimum atomic E-state index is -0.422. The van der Waals surface area contributed by atoms with Gasteiger partial charge in [0.2, 0.25) is 5.91 Å². The van der Waals surface area contributed by atoms with Crippen molar-refractivity contribution in [1.29, 1.82) is 0 Å². The molecule has 4 rings (SSSR count). The number of ether oxygens (including phenoxy) is 2. The molecule has 1 aliphatic heterocycles. The lowest BCUT2D eigenvalue weighted by molar-refractivity contribution is -0.151. The van der Waals surface area contributed by atoms with Crippen molar-refractivity contribution >= 4 is 28.9 Å². The predicted octanol–water partition coefficient (Wildman–Crippen LogP) is 5.16. The average Bonchev–Trinajstić information content (AvgIpc) is 3.32. The Hall–Kier alpha value is -3.12. The minimum absolute atomic E-state index is 0.0266. The summed E-state index contributed by atoms with van der Waals surface area (Å²) >= 11 is 1.55. The molecule has 31 heavy (non-hydrogen) atoms. The zero-order chi connectivity index (χ0) is 21.6. The molecule has 0 bridgehead atoms. The van der Waals surface area contributed by atoms with E-state index in [1.807, 2.05) is 79.0 Å². The van der Waals surface area contributed by atoms with E-state index in [1.54, 1.807) is 16.2 Å². The van der Waals surface area contributed by atoms with Crippen LogP contribution in [0.2, 0.25) is 0 Å². The predicted molar refractivity (Wildman–Crippen MR) is 121 cm³/mol. The summed E-state index contributed by atoms with van der Waals surface area (Å²) in [6.07, 6.45) is 0.790. The summed E-state index contributed by atoms with van der Waals surface area (Å²) < 4.78 is 11.2. The number of aryl methyl sites for hydroxylation is 1. The Balaban J connectivity index is 1.49. The van der Waals surface area contributed by atoms with Crippen molar-refractivity contribution in [3.05, 3.63) is 82.6 Å². The second-order valence-electron chi connectivity index (χ2n) is 7.53. The lowest BCUT2D eigenvalue weighted by Crippen LogP contribution is -2.45. The maximum atomic E-state index is 13.0. The van der Waals surface area contributed by atoms with Crippen molar-refractivity contribution in [1.82, 2.24) is 0 Å². The molecular formula is C25H25NO4S. The van der Waals surface area contributed by atoms with Crippen molar-refractivity contribution in [2.45, 2.75) is 25.8 Å². The van der Waals surface area contributed by atoms with Gasteiger partial charge in [-0.15, -0.1) is 11.3 Å². The highest BCUT2D eigenvalue weighted by Crippen LogP contribution is 2.42. The molecule has 0 unspecified atom stereocenters. The van der Waals surface area contributed by atoms with Crippen LogP contribution in [0, 0.1) is 12.8 Å². The molecule has 0 radical (unpaired) electrons. The van der Waals surface area contributed by atoms with Gasteiger partial charge < -0.3 is 14.4 Å². The van der Waals surface area contributed by atoms with Gasteiger partial charge in [0.25, 0.3) is 0 Å². The maximum absolute atomic E-state index is 13.0. The number of benzene rings is 2. The number of carbonyl (C=O) groups excluding carboxylic acids is 2. The summed E-state index contributed by atoms with van der Waals surface area (Å²) in [6.45, 7) is 2.46. The molecular weight excluding hydrogens is 410 g/mol. The number of thiophene rings is 1. The molecule has 2 aromatic carbocycles. The molecule has 1 amide bonds. The SMILES string of the molecule is Cc1ccc(N2C(=O)CC[C@H](C(=O)OCCOc3ccccc3)[C@H]2c2cccs2)cc1. The van der Waals surface area contributed by atoms with Crippen molar-refractivity contribution < 1.29 is 19.1 Å². The number of esters is 1.